The normalized spacial score (nSPS) is 11.8. The minimum Gasteiger partial charge on any atom is -0.508 e. The number of hydrogen-bond donors (Lipinski definition) is 2. The van der Waals surface area contributed by atoms with Gasteiger partial charge in [0, 0.05) is 5.56 Å². The molecule has 0 saturated heterocycles. The summed E-state index contributed by atoms with van der Waals surface area (Å²) in [5.74, 6) is -3.48. The summed E-state index contributed by atoms with van der Waals surface area (Å²) in [7, 11) is 0. The average molecular weight is 202 g/mol. The molecule has 0 bridgehead atoms. The van der Waals surface area contributed by atoms with Crippen molar-refractivity contribution in [2.24, 2.45) is 0 Å². The van der Waals surface area contributed by atoms with E-state index in [-0.39, 0.29) is 11.3 Å². The molecule has 0 heterocycles. The molecule has 1 rings (SSSR count). The lowest BCUT2D eigenvalue weighted by molar-refractivity contribution is -0.0562. The maximum absolute atomic E-state index is 13.1. The lowest BCUT2D eigenvalue weighted by Crippen LogP contribution is -2.19. The fourth-order valence-electron chi connectivity index (χ4n) is 1.32. The number of aliphatic hydroxyl groups excluding tert-OH is 1. The van der Waals surface area contributed by atoms with Crippen molar-refractivity contribution in [3.8, 4) is 5.75 Å². The van der Waals surface area contributed by atoms with E-state index in [1.165, 1.54) is 13.0 Å². The van der Waals surface area contributed by atoms with Gasteiger partial charge >= 0.3 is 0 Å². The van der Waals surface area contributed by atoms with Crippen LogP contribution in [0.2, 0.25) is 0 Å². The number of alkyl halides is 2. The molecule has 0 amide bonds. The summed E-state index contributed by atoms with van der Waals surface area (Å²) in [6.07, 6.45) is 0. The first-order valence-corrected chi connectivity index (χ1v) is 4.18. The molecule has 0 spiro atoms. The van der Waals surface area contributed by atoms with Gasteiger partial charge in [0.25, 0.3) is 5.92 Å². The van der Waals surface area contributed by atoms with E-state index in [1.54, 1.807) is 6.92 Å². The highest BCUT2D eigenvalue weighted by atomic mass is 19.3. The Morgan fingerprint density at radius 1 is 1.21 bits per heavy atom. The molecule has 0 aliphatic rings. The van der Waals surface area contributed by atoms with Crippen LogP contribution in [-0.2, 0) is 5.92 Å². The van der Waals surface area contributed by atoms with Gasteiger partial charge in [0.1, 0.15) is 12.4 Å². The number of aryl methyl sites for hydroxylation is 2. The van der Waals surface area contributed by atoms with Gasteiger partial charge in [-0.25, -0.2) is 0 Å². The van der Waals surface area contributed by atoms with Crippen molar-refractivity contribution >= 4 is 0 Å². The van der Waals surface area contributed by atoms with Crippen LogP contribution in [0.1, 0.15) is 16.7 Å². The molecule has 0 aliphatic heterocycles. The number of halogens is 2. The number of benzene rings is 1. The van der Waals surface area contributed by atoms with Gasteiger partial charge in [0.15, 0.2) is 0 Å². The van der Waals surface area contributed by atoms with Gasteiger partial charge in [-0.3, -0.25) is 0 Å². The molecular formula is C10H12F2O2. The van der Waals surface area contributed by atoms with E-state index in [2.05, 4.69) is 0 Å². The van der Waals surface area contributed by atoms with Crippen LogP contribution in [0.15, 0.2) is 12.1 Å². The highest BCUT2D eigenvalue weighted by Gasteiger charge is 2.32. The molecule has 1 aromatic rings. The molecule has 4 heteroatoms. The fourth-order valence-corrected chi connectivity index (χ4v) is 1.32. The summed E-state index contributed by atoms with van der Waals surface area (Å²) in [4.78, 5) is 0. The Morgan fingerprint density at radius 3 is 2.29 bits per heavy atom. The Bertz CT molecular complexity index is 348. The smallest absolute Gasteiger partial charge is 0.296 e. The van der Waals surface area contributed by atoms with E-state index in [4.69, 9.17) is 5.11 Å². The van der Waals surface area contributed by atoms with Gasteiger partial charge in [-0.2, -0.15) is 8.78 Å². The summed E-state index contributed by atoms with van der Waals surface area (Å²) in [6.45, 7) is 1.89. The summed E-state index contributed by atoms with van der Waals surface area (Å²) in [5.41, 5.74) is 0.572. The Balaban J connectivity index is 3.29. The van der Waals surface area contributed by atoms with Crippen molar-refractivity contribution in [1.29, 1.82) is 0 Å². The van der Waals surface area contributed by atoms with Crippen LogP contribution in [0.4, 0.5) is 8.78 Å². The van der Waals surface area contributed by atoms with Gasteiger partial charge in [-0.1, -0.05) is 6.07 Å². The zero-order valence-electron chi connectivity index (χ0n) is 8.01. The van der Waals surface area contributed by atoms with E-state index in [0.29, 0.717) is 11.1 Å². The molecule has 0 saturated carbocycles. The molecule has 0 aromatic heterocycles. The van der Waals surface area contributed by atoms with Crippen LogP contribution in [0, 0.1) is 13.8 Å². The Kier molecular flexibility index (Phi) is 2.76. The van der Waals surface area contributed by atoms with Crippen LogP contribution in [0.5, 0.6) is 5.75 Å². The van der Waals surface area contributed by atoms with Crippen LogP contribution >= 0.6 is 0 Å². The molecule has 0 fully saturated rings. The summed E-state index contributed by atoms with van der Waals surface area (Å²) in [6, 6.07) is 2.47. The third-order valence-electron chi connectivity index (χ3n) is 2.14. The zero-order chi connectivity index (χ0) is 10.9. The first-order chi connectivity index (χ1) is 6.38. The minimum absolute atomic E-state index is 0.182. The highest BCUT2D eigenvalue weighted by Crippen LogP contribution is 2.33. The molecule has 0 atom stereocenters. The lowest BCUT2D eigenvalue weighted by atomic mass is 10.00. The Hall–Kier alpha value is -1.16. The number of aliphatic hydroxyl groups is 1. The molecular weight excluding hydrogens is 190 g/mol. The predicted molar refractivity (Wildman–Crippen MR) is 48.6 cm³/mol. The SMILES string of the molecule is Cc1cc(C)c(C(F)(F)CO)cc1O. The molecule has 2 N–H and O–H groups in total. The van der Waals surface area contributed by atoms with Crippen molar-refractivity contribution in [3.63, 3.8) is 0 Å². The Morgan fingerprint density at radius 2 is 1.79 bits per heavy atom. The topological polar surface area (TPSA) is 40.5 Å². The number of phenolic OH excluding ortho intramolecular Hbond substituents is 1. The van der Waals surface area contributed by atoms with Crippen molar-refractivity contribution in [2.45, 2.75) is 19.8 Å². The third kappa shape index (κ3) is 1.85. The molecule has 1 aromatic carbocycles. The quantitative estimate of drug-likeness (QED) is 0.770. The standard InChI is InChI=1S/C10H12F2O2/c1-6-3-7(2)9(14)4-8(6)10(11,12)5-13/h3-4,13-14H,5H2,1-2H3. The number of aromatic hydroxyl groups is 1. The maximum Gasteiger partial charge on any atom is 0.296 e. The molecule has 0 aliphatic carbocycles. The third-order valence-corrected chi connectivity index (χ3v) is 2.14. The summed E-state index contributed by atoms with van der Waals surface area (Å²) < 4.78 is 26.2. The fraction of sp³-hybridized carbons (Fsp3) is 0.400. The second-order valence-corrected chi connectivity index (χ2v) is 3.32. The number of phenols is 1. The van der Waals surface area contributed by atoms with Gasteiger partial charge in [-0.05, 0) is 31.0 Å². The summed E-state index contributed by atoms with van der Waals surface area (Å²) in [5, 5.41) is 17.8. The second kappa shape index (κ2) is 3.53. The lowest BCUT2D eigenvalue weighted by Gasteiger charge is -2.17. The van der Waals surface area contributed by atoms with E-state index < -0.39 is 12.5 Å². The van der Waals surface area contributed by atoms with Crippen LogP contribution in [0.25, 0.3) is 0 Å². The minimum atomic E-state index is -3.30. The van der Waals surface area contributed by atoms with E-state index in [1.807, 2.05) is 0 Å². The first kappa shape index (κ1) is 10.9. The molecule has 78 valence electrons. The number of rotatable bonds is 2. The van der Waals surface area contributed by atoms with Crippen molar-refractivity contribution in [2.75, 3.05) is 6.61 Å². The van der Waals surface area contributed by atoms with Gasteiger partial charge in [-0.15, -0.1) is 0 Å². The van der Waals surface area contributed by atoms with Gasteiger partial charge < -0.3 is 10.2 Å². The molecule has 2 nitrogen and oxygen atoms in total. The first-order valence-electron chi connectivity index (χ1n) is 4.18. The molecule has 0 unspecified atom stereocenters. The number of hydrogen-bond acceptors (Lipinski definition) is 2. The van der Waals surface area contributed by atoms with Crippen molar-refractivity contribution < 1.29 is 19.0 Å². The zero-order valence-corrected chi connectivity index (χ0v) is 8.01. The van der Waals surface area contributed by atoms with Crippen molar-refractivity contribution in [3.05, 3.63) is 28.8 Å². The van der Waals surface area contributed by atoms with E-state index in [0.717, 1.165) is 6.07 Å². The average Bonchev–Trinajstić information content (AvgIpc) is 2.11. The van der Waals surface area contributed by atoms with Gasteiger partial charge in [0.2, 0.25) is 0 Å². The van der Waals surface area contributed by atoms with Gasteiger partial charge in [0.05, 0.1) is 0 Å². The van der Waals surface area contributed by atoms with Crippen LogP contribution in [-0.4, -0.2) is 16.8 Å². The highest BCUT2D eigenvalue weighted by molar-refractivity contribution is 5.42. The van der Waals surface area contributed by atoms with Crippen LogP contribution in [0.3, 0.4) is 0 Å². The van der Waals surface area contributed by atoms with Crippen molar-refractivity contribution in [1.82, 2.24) is 0 Å². The second-order valence-electron chi connectivity index (χ2n) is 3.32. The Labute approximate surface area is 80.8 Å². The monoisotopic (exact) mass is 202 g/mol. The molecule has 0 radical (unpaired) electrons. The molecule has 14 heavy (non-hydrogen) atoms. The van der Waals surface area contributed by atoms with E-state index in [9.17, 15) is 13.9 Å². The predicted octanol–water partition coefficient (Wildman–Crippen LogP) is 2.09. The largest absolute Gasteiger partial charge is 0.508 e. The van der Waals surface area contributed by atoms with E-state index >= 15 is 0 Å². The summed E-state index contributed by atoms with van der Waals surface area (Å²) >= 11 is 0. The van der Waals surface area contributed by atoms with Crippen LogP contribution < -0.4 is 0 Å². The maximum atomic E-state index is 13.1.